The zero-order valence-corrected chi connectivity index (χ0v) is 13.4. The molecule has 4 nitrogen and oxygen atoms in total. The van der Waals surface area contributed by atoms with Gasteiger partial charge in [0.25, 0.3) is 0 Å². The Morgan fingerprint density at radius 3 is 2.90 bits per heavy atom. The van der Waals surface area contributed by atoms with Crippen molar-refractivity contribution in [2.24, 2.45) is 0 Å². The van der Waals surface area contributed by atoms with Crippen LogP contribution in [0.15, 0.2) is 10.7 Å². The SMILES string of the molecule is O=C(CCN1CCCCC1)n1c(Br)cc2c1CCNC2. The summed E-state index contributed by atoms with van der Waals surface area (Å²) in [5.74, 6) is 0.227. The number of rotatable bonds is 3. The molecule has 110 valence electrons. The van der Waals surface area contributed by atoms with E-state index in [0.29, 0.717) is 6.42 Å². The highest BCUT2D eigenvalue weighted by atomic mass is 79.9. The summed E-state index contributed by atoms with van der Waals surface area (Å²) in [7, 11) is 0. The highest BCUT2D eigenvalue weighted by Gasteiger charge is 2.21. The molecule has 0 aliphatic carbocycles. The molecule has 0 radical (unpaired) electrons. The number of fused-ring (bicyclic) bond motifs is 1. The van der Waals surface area contributed by atoms with Crippen molar-refractivity contribution in [3.05, 3.63) is 21.9 Å². The lowest BCUT2D eigenvalue weighted by molar-refractivity contribution is 0.0872. The number of hydrogen-bond donors (Lipinski definition) is 1. The summed E-state index contributed by atoms with van der Waals surface area (Å²) >= 11 is 3.54. The third-order valence-corrected chi connectivity index (χ3v) is 4.93. The highest BCUT2D eigenvalue weighted by molar-refractivity contribution is 9.10. The van der Waals surface area contributed by atoms with Crippen LogP contribution in [0.25, 0.3) is 0 Å². The van der Waals surface area contributed by atoms with Crippen molar-refractivity contribution in [3.8, 4) is 0 Å². The number of aromatic nitrogens is 1. The third kappa shape index (κ3) is 3.00. The van der Waals surface area contributed by atoms with Gasteiger partial charge in [0.1, 0.15) is 0 Å². The molecule has 0 unspecified atom stereocenters. The fourth-order valence-corrected chi connectivity index (χ4v) is 3.93. The highest BCUT2D eigenvalue weighted by Crippen LogP contribution is 2.24. The van der Waals surface area contributed by atoms with Crippen molar-refractivity contribution in [1.82, 2.24) is 14.8 Å². The lowest BCUT2D eigenvalue weighted by Crippen LogP contribution is -2.33. The fourth-order valence-electron chi connectivity index (χ4n) is 3.24. The Kier molecular flexibility index (Phi) is 4.58. The molecule has 20 heavy (non-hydrogen) atoms. The Hall–Kier alpha value is -0.650. The van der Waals surface area contributed by atoms with Crippen molar-refractivity contribution < 1.29 is 4.79 Å². The smallest absolute Gasteiger partial charge is 0.233 e. The summed E-state index contributed by atoms with van der Waals surface area (Å²) in [6.07, 6.45) is 5.46. The molecule has 3 heterocycles. The van der Waals surface area contributed by atoms with E-state index in [-0.39, 0.29) is 5.91 Å². The molecule has 1 aromatic heterocycles. The molecule has 2 aliphatic rings. The molecule has 0 atom stereocenters. The summed E-state index contributed by atoms with van der Waals surface area (Å²) in [6, 6.07) is 2.08. The number of likely N-dealkylation sites (tertiary alicyclic amines) is 1. The maximum Gasteiger partial charge on any atom is 0.233 e. The molecule has 0 aromatic carbocycles. The normalized spacial score (nSPS) is 19.9. The lowest BCUT2D eigenvalue weighted by atomic mass is 10.1. The molecule has 3 rings (SSSR count). The summed E-state index contributed by atoms with van der Waals surface area (Å²) in [5.41, 5.74) is 2.45. The van der Waals surface area contributed by atoms with Gasteiger partial charge in [0, 0.05) is 38.2 Å². The summed E-state index contributed by atoms with van der Waals surface area (Å²) < 4.78 is 2.80. The maximum absolute atomic E-state index is 12.5. The Morgan fingerprint density at radius 2 is 2.10 bits per heavy atom. The number of nitrogens with one attached hydrogen (secondary N) is 1. The van der Waals surface area contributed by atoms with E-state index in [0.717, 1.165) is 43.7 Å². The Bertz CT molecular complexity index is 492. The molecule has 1 saturated heterocycles. The molecular weight excluding hydrogens is 318 g/mol. The van der Waals surface area contributed by atoms with Crippen LogP contribution in [-0.2, 0) is 13.0 Å². The Balaban J connectivity index is 1.66. The monoisotopic (exact) mass is 339 g/mol. The van der Waals surface area contributed by atoms with Crippen LogP contribution < -0.4 is 5.32 Å². The molecule has 5 heteroatoms. The standard InChI is InChI=1S/C15H22BrN3O/c16-14-10-12-11-17-6-4-13(12)19(14)15(20)5-9-18-7-2-1-3-8-18/h10,17H,1-9,11H2. The van der Waals surface area contributed by atoms with Crippen LogP contribution in [0.5, 0.6) is 0 Å². The van der Waals surface area contributed by atoms with Crippen molar-refractivity contribution >= 4 is 21.8 Å². The van der Waals surface area contributed by atoms with Gasteiger partial charge >= 0.3 is 0 Å². The van der Waals surface area contributed by atoms with Gasteiger partial charge in [0.15, 0.2) is 0 Å². The molecular formula is C15H22BrN3O. The van der Waals surface area contributed by atoms with Gasteiger partial charge in [0.2, 0.25) is 5.91 Å². The second kappa shape index (κ2) is 6.41. The molecule has 0 spiro atoms. The van der Waals surface area contributed by atoms with Crippen molar-refractivity contribution in [2.75, 3.05) is 26.2 Å². The van der Waals surface area contributed by atoms with Crippen LogP contribution in [-0.4, -0.2) is 41.6 Å². The minimum atomic E-state index is 0.227. The topological polar surface area (TPSA) is 37.3 Å². The van der Waals surface area contributed by atoms with Crippen LogP contribution in [0, 0.1) is 0 Å². The summed E-state index contributed by atoms with van der Waals surface area (Å²) in [4.78, 5) is 15.0. The van der Waals surface area contributed by atoms with E-state index in [1.54, 1.807) is 0 Å². The molecule has 1 aromatic rings. The first kappa shape index (κ1) is 14.3. The lowest BCUT2D eigenvalue weighted by Gasteiger charge is -2.26. The molecule has 0 bridgehead atoms. The van der Waals surface area contributed by atoms with Gasteiger partial charge in [-0.1, -0.05) is 6.42 Å². The first-order valence-electron chi connectivity index (χ1n) is 7.61. The second-order valence-electron chi connectivity index (χ2n) is 5.75. The fraction of sp³-hybridized carbons (Fsp3) is 0.667. The summed E-state index contributed by atoms with van der Waals surface area (Å²) in [6.45, 7) is 5.05. The first-order valence-corrected chi connectivity index (χ1v) is 8.40. The van der Waals surface area contributed by atoms with Crippen LogP contribution in [0.4, 0.5) is 0 Å². The molecule has 1 fully saturated rings. The Labute approximate surface area is 128 Å². The second-order valence-corrected chi connectivity index (χ2v) is 6.56. The predicted molar refractivity (Wildman–Crippen MR) is 83.1 cm³/mol. The average Bonchev–Trinajstić information content (AvgIpc) is 2.82. The van der Waals surface area contributed by atoms with E-state index >= 15 is 0 Å². The quantitative estimate of drug-likeness (QED) is 0.918. The number of carbonyl (C=O) groups excluding carboxylic acids is 1. The van der Waals surface area contributed by atoms with E-state index in [2.05, 4.69) is 32.2 Å². The van der Waals surface area contributed by atoms with E-state index in [4.69, 9.17) is 0 Å². The Morgan fingerprint density at radius 1 is 1.30 bits per heavy atom. The largest absolute Gasteiger partial charge is 0.312 e. The summed E-state index contributed by atoms with van der Waals surface area (Å²) in [5, 5.41) is 3.35. The van der Waals surface area contributed by atoms with Gasteiger partial charge in [-0.3, -0.25) is 9.36 Å². The van der Waals surface area contributed by atoms with Crippen LogP contribution in [0.1, 0.15) is 41.7 Å². The first-order chi connectivity index (χ1) is 9.75. The van der Waals surface area contributed by atoms with Crippen LogP contribution in [0.3, 0.4) is 0 Å². The van der Waals surface area contributed by atoms with Crippen molar-refractivity contribution in [3.63, 3.8) is 0 Å². The number of halogens is 1. The third-order valence-electron chi connectivity index (χ3n) is 4.34. The van der Waals surface area contributed by atoms with Gasteiger partial charge in [0.05, 0.1) is 4.60 Å². The van der Waals surface area contributed by atoms with Crippen molar-refractivity contribution in [1.29, 1.82) is 0 Å². The number of hydrogen-bond acceptors (Lipinski definition) is 3. The van der Waals surface area contributed by atoms with Gasteiger partial charge in [-0.15, -0.1) is 0 Å². The molecule has 0 amide bonds. The van der Waals surface area contributed by atoms with Gasteiger partial charge in [-0.2, -0.15) is 0 Å². The molecule has 2 aliphatic heterocycles. The van der Waals surface area contributed by atoms with E-state index in [1.165, 1.54) is 30.5 Å². The van der Waals surface area contributed by atoms with Gasteiger partial charge in [-0.25, -0.2) is 0 Å². The van der Waals surface area contributed by atoms with Crippen molar-refractivity contribution in [2.45, 2.75) is 38.6 Å². The molecule has 1 N–H and O–H groups in total. The number of nitrogens with zero attached hydrogens (tertiary/aromatic N) is 2. The minimum Gasteiger partial charge on any atom is -0.312 e. The van der Waals surface area contributed by atoms with Crippen LogP contribution >= 0.6 is 15.9 Å². The van der Waals surface area contributed by atoms with Gasteiger partial charge < -0.3 is 10.2 Å². The maximum atomic E-state index is 12.5. The number of piperidine rings is 1. The predicted octanol–water partition coefficient (Wildman–Crippen LogP) is 2.41. The van der Waals surface area contributed by atoms with E-state index < -0.39 is 0 Å². The minimum absolute atomic E-state index is 0.227. The van der Waals surface area contributed by atoms with Gasteiger partial charge in [-0.05, 0) is 53.5 Å². The zero-order valence-electron chi connectivity index (χ0n) is 11.8. The van der Waals surface area contributed by atoms with E-state index in [1.807, 2.05) is 4.57 Å². The number of carbonyl (C=O) groups is 1. The average molecular weight is 340 g/mol. The molecule has 0 saturated carbocycles. The van der Waals surface area contributed by atoms with E-state index in [9.17, 15) is 4.79 Å². The zero-order chi connectivity index (χ0) is 13.9. The van der Waals surface area contributed by atoms with Crippen LogP contribution in [0.2, 0.25) is 0 Å².